The maximum atomic E-state index is 4.99. The van der Waals surface area contributed by atoms with Gasteiger partial charge in [0.15, 0.2) is 5.16 Å². The monoisotopic (exact) mass is 289 g/mol. The van der Waals surface area contributed by atoms with Crippen LogP contribution in [-0.4, -0.2) is 30.2 Å². The third kappa shape index (κ3) is 4.92. The largest absolute Gasteiger partial charge is 0.383 e. The van der Waals surface area contributed by atoms with Gasteiger partial charge in [0.05, 0.1) is 6.61 Å². The molecule has 0 aliphatic rings. The smallest absolute Gasteiger partial charge is 0.192 e. The molecule has 1 heterocycles. The van der Waals surface area contributed by atoms with Crippen molar-refractivity contribution in [3.05, 3.63) is 47.8 Å². The van der Waals surface area contributed by atoms with E-state index in [1.54, 1.807) is 18.9 Å². The normalized spacial score (nSPS) is 10.7. The first-order valence-corrected chi connectivity index (χ1v) is 7.34. The van der Waals surface area contributed by atoms with Crippen molar-refractivity contribution in [1.82, 2.24) is 15.3 Å². The number of benzene rings is 1. The highest BCUT2D eigenvalue weighted by Gasteiger charge is 2.00. The zero-order chi connectivity index (χ0) is 14.2. The van der Waals surface area contributed by atoms with E-state index >= 15 is 0 Å². The van der Waals surface area contributed by atoms with E-state index in [0.29, 0.717) is 0 Å². The first-order valence-electron chi connectivity index (χ1n) is 6.53. The zero-order valence-corrected chi connectivity index (χ0v) is 12.6. The number of ether oxygens (including phenoxy) is 1. The Labute approximate surface area is 124 Å². The zero-order valence-electron chi connectivity index (χ0n) is 11.8. The molecule has 0 saturated carbocycles. The van der Waals surface area contributed by atoms with E-state index in [1.807, 2.05) is 19.3 Å². The summed E-state index contributed by atoms with van der Waals surface area (Å²) in [5.41, 5.74) is 2.34. The fourth-order valence-electron chi connectivity index (χ4n) is 1.62. The minimum atomic E-state index is 0.735. The van der Waals surface area contributed by atoms with Gasteiger partial charge in [-0.05, 0) is 41.9 Å². The Bertz CT molecular complexity index is 514. The van der Waals surface area contributed by atoms with E-state index in [2.05, 4.69) is 39.6 Å². The number of nitrogens with zero attached hydrogens (tertiary/aromatic N) is 2. The van der Waals surface area contributed by atoms with Crippen LogP contribution in [0.2, 0.25) is 0 Å². The Kier molecular flexibility index (Phi) is 5.98. The number of hydrogen-bond donors (Lipinski definition) is 1. The lowest BCUT2D eigenvalue weighted by molar-refractivity contribution is 0.199. The van der Waals surface area contributed by atoms with Crippen molar-refractivity contribution in [2.75, 3.05) is 20.3 Å². The summed E-state index contributed by atoms with van der Waals surface area (Å²) >= 11 is 1.57. The molecule has 0 radical (unpaired) electrons. The highest BCUT2D eigenvalue weighted by Crippen LogP contribution is 2.24. The first-order chi connectivity index (χ1) is 9.78. The van der Waals surface area contributed by atoms with Crippen LogP contribution in [0.1, 0.15) is 11.1 Å². The molecule has 0 amide bonds. The van der Waals surface area contributed by atoms with Gasteiger partial charge in [-0.3, -0.25) is 0 Å². The van der Waals surface area contributed by atoms with Crippen LogP contribution in [0.15, 0.2) is 46.7 Å². The van der Waals surface area contributed by atoms with Crippen LogP contribution in [0.25, 0.3) is 0 Å². The van der Waals surface area contributed by atoms with Crippen LogP contribution in [-0.2, 0) is 11.3 Å². The summed E-state index contributed by atoms with van der Waals surface area (Å²) in [6.07, 6.45) is 3.67. The number of hydrogen-bond acceptors (Lipinski definition) is 5. The maximum Gasteiger partial charge on any atom is 0.192 e. The Morgan fingerprint density at radius 3 is 2.50 bits per heavy atom. The molecule has 1 aromatic heterocycles. The molecule has 1 N–H and O–H groups in total. The molecule has 2 aromatic rings. The Hall–Kier alpha value is -1.43. The second-order valence-corrected chi connectivity index (χ2v) is 5.50. The van der Waals surface area contributed by atoms with Gasteiger partial charge in [0.2, 0.25) is 0 Å². The molecular weight excluding hydrogens is 270 g/mol. The third-order valence-corrected chi connectivity index (χ3v) is 3.60. The average Bonchev–Trinajstić information content (AvgIpc) is 2.48. The first kappa shape index (κ1) is 15.0. The molecule has 0 fully saturated rings. The third-order valence-electron chi connectivity index (χ3n) is 2.70. The van der Waals surface area contributed by atoms with Crippen molar-refractivity contribution in [2.45, 2.75) is 23.5 Å². The van der Waals surface area contributed by atoms with Gasteiger partial charge in [0, 0.05) is 37.5 Å². The molecule has 2 rings (SSSR count). The quantitative estimate of drug-likeness (QED) is 0.627. The SMILES string of the molecule is COCCNCc1ccc(Sc2ncc(C)cn2)cc1. The molecule has 0 atom stereocenters. The van der Waals surface area contributed by atoms with Gasteiger partial charge >= 0.3 is 0 Å². The summed E-state index contributed by atoms with van der Waals surface area (Å²) in [6.45, 7) is 4.44. The molecule has 20 heavy (non-hydrogen) atoms. The van der Waals surface area contributed by atoms with E-state index in [1.165, 1.54) is 5.56 Å². The van der Waals surface area contributed by atoms with Gasteiger partial charge in [-0.15, -0.1) is 0 Å². The fourth-order valence-corrected chi connectivity index (χ4v) is 2.31. The standard InChI is InChI=1S/C15H19N3OS/c1-12-9-17-15(18-10-12)20-14-5-3-13(4-6-14)11-16-7-8-19-2/h3-6,9-10,16H,7-8,11H2,1-2H3. The lowest BCUT2D eigenvalue weighted by Crippen LogP contribution is -2.18. The summed E-state index contributed by atoms with van der Waals surface area (Å²) in [5.74, 6) is 0. The Morgan fingerprint density at radius 2 is 1.85 bits per heavy atom. The van der Waals surface area contributed by atoms with Gasteiger partial charge in [0.25, 0.3) is 0 Å². The molecular formula is C15H19N3OS. The van der Waals surface area contributed by atoms with Crippen LogP contribution in [0.5, 0.6) is 0 Å². The predicted molar refractivity (Wildman–Crippen MR) is 80.9 cm³/mol. The maximum absolute atomic E-state index is 4.99. The summed E-state index contributed by atoms with van der Waals surface area (Å²) in [6, 6.07) is 8.44. The molecule has 0 aliphatic carbocycles. The Morgan fingerprint density at radius 1 is 1.15 bits per heavy atom. The van der Waals surface area contributed by atoms with Gasteiger partial charge in [-0.2, -0.15) is 0 Å². The predicted octanol–water partition coefficient (Wildman–Crippen LogP) is 2.67. The van der Waals surface area contributed by atoms with E-state index in [4.69, 9.17) is 4.74 Å². The molecule has 4 nitrogen and oxygen atoms in total. The van der Waals surface area contributed by atoms with Gasteiger partial charge in [-0.25, -0.2) is 9.97 Å². The molecule has 0 saturated heterocycles. The second-order valence-electron chi connectivity index (χ2n) is 4.46. The van der Waals surface area contributed by atoms with Crippen molar-refractivity contribution >= 4 is 11.8 Å². The molecule has 5 heteroatoms. The van der Waals surface area contributed by atoms with Crippen LogP contribution < -0.4 is 5.32 Å². The van der Waals surface area contributed by atoms with E-state index < -0.39 is 0 Å². The second kappa shape index (κ2) is 7.99. The van der Waals surface area contributed by atoms with E-state index in [9.17, 15) is 0 Å². The number of aryl methyl sites for hydroxylation is 1. The number of aromatic nitrogens is 2. The summed E-state index contributed by atoms with van der Waals surface area (Å²) in [4.78, 5) is 9.73. The van der Waals surface area contributed by atoms with Crippen molar-refractivity contribution in [3.8, 4) is 0 Å². The highest BCUT2D eigenvalue weighted by atomic mass is 32.2. The van der Waals surface area contributed by atoms with E-state index in [-0.39, 0.29) is 0 Å². The summed E-state index contributed by atoms with van der Waals surface area (Å²) < 4.78 is 4.99. The van der Waals surface area contributed by atoms with E-state index in [0.717, 1.165) is 35.3 Å². The van der Waals surface area contributed by atoms with Crippen LogP contribution in [0, 0.1) is 6.92 Å². The lowest BCUT2D eigenvalue weighted by atomic mass is 10.2. The molecule has 106 valence electrons. The topological polar surface area (TPSA) is 47.0 Å². The number of nitrogens with one attached hydrogen (secondary N) is 1. The summed E-state index contributed by atoms with van der Waals surface area (Å²) in [7, 11) is 1.71. The van der Waals surface area contributed by atoms with Gasteiger partial charge < -0.3 is 10.1 Å². The summed E-state index contributed by atoms with van der Waals surface area (Å²) in [5, 5.41) is 4.10. The van der Waals surface area contributed by atoms with Crippen molar-refractivity contribution < 1.29 is 4.74 Å². The fraction of sp³-hybridized carbons (Fsp3) is 0.333. The number of methoxy groups -OCH3 is 1. The average molecular weight is 289 g/mol. The molecule has 0 aliphatic heterocycles. The van der Waals surface area contributed by atoms with Crippen LogP contribution in [0.4, 0.5) is 0 Å². The molecule has 1 aromatic carbocycles. The van der Waals surface area contributed by atoms with Gasteiger partial charge in [-0.1, -0.05) is 12.1 Å². The van der Waals surface area contributed by atoms with Crippen molar-refractivity contribution in [2.24, 2.45) is 0 Å². The van der Waals surface area contributed by atoms with Crippen LogP contribution in [0.3, 0.4) is 0 Å². The van der Waals surface area contributed by atoms with Gasteiger partial charge in [0.1, 0.15) is 0 Å². The van der Waals surface area contributed by atoms with Crippen LogP contribution >= 0.6 is 11.8 Å². The molecule has 0 spiro atoms. The highest BCUT2D eigenvalue weighted by molar-refractivity contribution is 7.99. The molecule has 0 unspecified atom stereocenters. The number of rotatable bonds is 7. The van der Waals surface area contributed by atoms with Crippen molar-refractivity contribution in [3.63, 3.8) is 0 Å². The lowest BCUT2D eigenvalue weighted by Gasteiger charge is -2.05. The minimum absolute atomic E-state index is 0.735. The van der Waals surface area contributed by atoms with Crippen molar-refractivity contribution in [1.29, 1.82) is 0 Å². The Balaban J connectivity index is 1.86. The molecule has 0 bridgehead atoms. The minimum Gasteiger partial charge on any atom is -0.383 e.